The molecular weight excluding hydrogens is 328 g/mol. The van der Waals surface area contributed by atoms with Crippen LogP contribution in [0.3, 0.4) is 0 Å². The predicted octanol–water partition coefficient (Wildman–Crippen LogP) is 4.36. The van der Waals surface area contributed by atoms with E-state index in [-0.39, 0.29) is 18.1 Å². The molecule has 3 aromatic rings. The molecule has 26 heavy (non-hydrogen) atoms. The fraction of sp³-hybridized carbons (Fsp3) is 0.350. The van der Waals surface area contributed by atoms with E-state index in [4.69, 9.17) is 4.74 Å². The van der Waals surface area contributed by atoms with Crippen molar-refractivity contribution in [2.75, 3.05) is 5.32 Å². The van der Waals surface area contributed by atoms with E-state index in [0.717, 1.165) is 22.5 Å². The highest BCUT2D eigenvalue weighted by Crippen LogP contribution is 2.23. The lowest BCUT2D eigenvalue weighted by Crippen LogP contribution is -2.13. The molecule has 1 N–H and O–H groups in total. The van der Waals surface area contributed by atoms with Crippen molar-refractivity contribution in [3.05, 3.63) is 47.8 Å². The molecule has 136 valence electrons. The quantitative estimate of drug-likeness (QED) is 0.741. The Hall–Kier alpha value is -2.89. The highest BCUT2D eigenvalue weighted by molar-refractivity contribution is 6.12. The standard InChI is InChI=1S/C20H24N4O2/c1-12(2)24-19-18(11-21-24)17(10-14(5)22-19)20(25)23-15-6-8-16(9-7-15)26-13(3)4/h6-13H,1-5H3,(H,23,25). The molecule has 0 fully saturated rings. The van der Waals surface area contributed by atoms with Crippen molar-refractivity contribution in [3.8, 4) is 5.75 Å². The van der Waals surface area contributed by atoms with Crippen LogP contribution < -0.4 is 10.1 Å². The number of benzene rings is 1. The first-order valence-corrected chi connectivity index (χ1v) is 8.78. The molecule has 6 nitrogen and oxygen atoms in total. The minimum absolute atomic E-state index is 0.112. The first kappa shape index (κ1) is 17.9. The molecule has 2 aromatic heterocycles. The van der Waals surface area contributed by atoms with Gasteiger partial charge in [-0.3, -0.25) is 4.79 Å². The van der Waals surface area contributed by atoms with Crippen LogP contribution in [0.15, 0.2) is 36.5 Å². The summed E-state index contributed by atoms with van der Waals surface area (Å²) in [6.07, 6.45) is 1.82. The summed E-state index contributed by atoms with van der Waals surface area (Å²) < 4.78 is 7.46. The minimum atomic E-state index is -0.179. The third-order valence-corrected chi connectivity index (χ3v) is 3.91. The smallest absolute Gasteiger partial charge is 0.256 e. The van der Waals surface area contributed by atoms with Gasteiger partial charge in [0, 0.05) is 17.4 Å². The number of aromatic nitrogens is 3. The number of carbonyl (C=O) groups is 1. The van der Waals surface area contributed by atoms with Crippen molar-refractivity contribution >= 4 is 22.6 Å². The molecular formula is C20H24N4O2. The molecule has 0 saturated heterocycles. The van der Waals surface area contributed by atoms with E-state index in [1.54, 1.807) is 12.3 Å². The molecule has 0 radical (unpaired) electrons. The average Bonchev–Trinajstić information content (AvgIpc) is 2.99. The molecule has 0 atom stereocenters. The molecule has 0 aliphatic heterocycles. The molecule has 0 aliphatic rings. The number of pyridine rings is 1. The van der Waals surface area contributed by atoms with Gasteiger partial charge >= 0.3 is 0 Å². The summed E-state index contributed by atoms with van der Waals surface area (Å²) in [4.78, 5) is 17.4. The van der Waals surface area contributed by atoms with Crippen LogP contribution in [0.1, 0.15) is 49.8 Å². The van der Waals surface area contributed by atoms with E-state index >= 15 is 0 Å². The third-order valence-electron chi connectivity index (χ3n) is 3.91. The van der Waals surface area contributed by atoms with Crippen molar-refractivity contribution in [1.82, 2.24) is 14.8 Å². The third kappa shape index (κ3) is 3.69. The lowest BCUT2D eigenvalue weighted by Gasteiger charge is -2.11. The number of fused-ring (bicyclic) bond motifs is 1. The van der Waals surface area contributed by atoms with Crippen molar-refractivity contribution in [3.63, 3.8) is 0 Å². The highest BCUT2D eigenvalue weighted by atomic mass is 16.5. The van der Waals surface area contributed by atoms with Crippen molar-refractivity contribution in [1.29, 1.82) is 0 Å². The van der Waals surface area contributed by atoms with Crippen molar-refractivity contribution < 1.29 is 9.53 Å². The zero-order chi connectivity index (χ0) is 18.8. The Morgan fingerprint density at radius 1 is 1.15 bits per heavy atom. The van der Waals surface area contributed by atoms with Gasteiger partial charge in [0.1, 0.15) is 5.75 Å². The normalized spacial score (nSPS) is 11.3. The maximum Gasteiger partial charge on any atom is 0.256 e. The number of carbonyl (C=O) groups excluding carboxylic acids is 1. The Kier molecular flexibility index (Phi) is 4.93. The summed E-state index contributed by atoms with van der Waals surface area (Å²) in [5, 5.41) is 8.07. The second kappa shape index (κ2) is 7.15. The zero-order valence-corrected chi connectivity index (χ0v) is 15.8. The maximum absolute atomic E-state index is 12.8. The lowest BCUT2D eigenvalue weighted by molar-refractivity contribution is 0.102. The number of anilines is 1. The Bertz CT molecular complexity index is 927. The van der Waals surface area contributed by atoms with Crippen LogP contribution in [0.5, 0.6) is 5.75 Å². The van der Waals surface area contributed by atoms with E-state index in [0.29, 0.717) is 11.3 Å². The van der Waals surface area contributed by atoms with Crippen LogP contribution in [0, 0.1) is 6.92 Å². The topological polar surface area (TPSA) is 69.0 Å². The van der Waals surface area contributed by atoms with Crippen LogP contribution in [-0.2, 0) is 0 Å². The number of nitrogens with zero attached hydrogens (tertiary/aromatic N) is 3. The molecule has 2 heterocycles. The molecule has 0 aliphatic carbocycles. The van der Waals surface area contributed by atoms with Crippen molar-refractivity contribution in [2.24, 2.45) is 0 Å². The Morgan fingerprint density at radius 3 is 2.46 bits per heavy atom. The number of hydrogen-bond donors (Lipinski definition) is 1. The Morgan fingerprint density at radius 2 is 1.85 bits per heavy atom. The molecule has 6 heteroatoms. The van der Waals surface area contributed by atoms with Gasteiger partial charge in [0.05, 0.1) is 23.3 Å². The second-order valence-corrected chi connectivity index (χ2v) is 6.88. The number of rotatable bonds is 5. The summed E-state index contributed by atoms with van der Waals surface area (Å²) in [6, 6.07) is 9.32. The van der Waals surface area contributed by atoms with E-state index < -0.39 is 0 Å². The molecule has 1 amide bonds. The van der Waals surface area contributed by atoms with E-state index in [2.05, 4.69) is 15.4 Å². The van der Waals surface area contributed by atoms with Gasteiger partial charge in [-0.1, -0.05) is 0 Å². The van der Waals surface area contributed by atoms with Crippen LogP contribution in [-0.4, -0.2) is 26.8 Å². The van der Waals surface area contributed by atoms with Gasteiger partial charge in [-0.15, -0.1) is 0 Å². The predicted molar refractivity (Wildman–Crippen MR) is 103 cm³/mol. The van der Waals surface area contributed by atoms with Gasteiger partial charge in [-0.2, -0.15) is 5.10 Å². The average molecular weight is 352 g/mol. The van der Waals surface area contributed by atoms with Crippen LogP contribution in [0.25, 0.3) is 11.0 Å². The van der Waals surface area contributed by atoms with Crippen LogP contribution in [0.2, 0.25) is 0 Å². The number of amides is 1. The Balaban J connectivity index is 1.88. The minimum Gasteiger partial charge on any atom is -0.491 e. The molecule has 0 saturated carbocycles. The Labute approximate surface area is 153 Å². The lowest BCUT2D eigenvalue weighted by atomic mass is 10.1. The summed E-state index contributed by atoms with van der Waals surface area (Å²) in [5.41, 5.74) is 2.79. The second-order valence-electron chi connectivity index (χ2n) is 6.88. The first-order chi connectivity index (χ1) is 12.3. The molecule has 0 spiro atoms. The number of aryl methyl sites for hydroxylation is 1. The van der Waals surface area contributed by atoms with Gasteiger partial charge in [0.2, 0.25) is 0 Å². The largest absolute Gasteiger partial charge is 0.491 e. The molecule has 0 bridgehead atoms. The SMILES string of the molecule is Cc1cc(C(=O)Nc2ccc(OC(C)C)cc2)c2cnn(C(C)C)c2n1. The fourth-order valence-electron chi connectivity index (χ4n) is 2.80. The number of ether oxygens (including phenoxy) is 1. The molecule has 1 aromatic carbocycles. The first-order valence-electron chi connectivity index (χ1n) is 8.78. The molecule has 3 rings (SSSR count). The number of nitrogens with one attached hydrogen (secondary N) is 1. The fourth-order valence-corrected chi connectivity index (χ4v) is 2.80. The van der Waals surface area contributed by atoms with Crippen molar-refractivity contribution in [2.45, 2.75) is 46.8 Å². The van der Waals surface area contributed by atoms with Crippen LogP contribution >= 0.6 is 0 Å². The van der Waals surface area contributed by atoms with Gasteiger partial charge < -0.3 is 10.1 Å². The molecule has 0 unspecified atom stereocenters. The van der Waals surface area contributed by atoms with E-state index in [1.165, 1.54) is 0 Å². The van der Waals surface area contributed by atoms with Gasteiger partial charge in [-0.05, 0) is 65.0 Å². The maximum atomic E-state index is 12.8. The summed E-state index contributed by atoms with van der Waals surface area (Å²) in [6.45, 7) is 9.91. The summed E-state index contributed by atoms with van der Waals surface area (Å²) in [7, 11) is 0. The van der Waals surface area contributed by atoms with Crippen LogP contribution in [0.4, 0.5) is 5.69 Å². The van der Waals surface area contributed by atoms with Gasteiger partial charge in [-0.25, -0.2) is 9.67 Å². The van der Waals surface area contributed by atoms with Gasteiger partial charge in [0.15, 0.2) is 5.65 Å². The van der Waals surface area contributed by atoms with E-state index in [9.17, 15) is 4.79 Å². The van der Waals surface area contributed by atoms with E-state index in [1.807, 2.05) is 63.6 Å². The zero-order valence-electron chi connectivity index (χ0n) is 15.8. The summed E-state index contributed by atoms with van der Waals surface area (Å²) in [5.74, 6) is 0.597. The van der Waals surface area contributed by atoms with Gasteiger partial charge in [0.25, 0.3) is 5.91 Å². The monoisotopic (exact) mass is 352 g/mol. The number of hydrogen-bond acceptors (Lipinski definition) is 4. The highest BCUT2D eigenvalue weighted by Gasteiger charge is 2.17. The summed E-state index contributed by atoms with van der Waals surface area (Å²) >= 11 is 0.